The molecule has 0 unspecified atom stereocenters. The Hall–Kier alpha value is -0.120. The zero-order valence-corrected chi connectivity index (χ0v) is 13.6. The summed E-state index contributed by atoms with van der Waals surface area (Å²) in [5, 5.41) is 3.84. The number of hydrogen-bond acceptors (Lipinski definition) is 3. The third-order valence-corrected chi connectivity index (χ3v) is 4.94. The van der Waals surface area contributed by atoms with Gasteiger partial charge >= 0.3 is 0 Å². The average Bonchev–Trinajstić information content (AvgIpc) is 2.90. The Morgan fingerprint density at radius 1 is 1.20 bits per heavy atom. The fourth-order valence-electron chi connectivity index (χ4n) is 3.61. The second-order valence-corrected chi connectivity index (χ2v) is 7.03. The third kappa shape index (κ3) is 5.71. The highest BCUT2D eigenvalue weighted by Crippen LogP contribution is 2.30. The quantitative estimate of drug-likeness (QED) is 0.693. The second kappa shape index (κ2) is 9.01. The van der Waals surface area contributed by atoms with E-state index < -0.39 is 0 Å². The molecule has 1 heterocycles. The molecule has 1 N–H and O–H groups in total. The van der Waals surface area contributed by atoms with E-state index in [4.69, 9.17) is 4.74 Å². The Balaban J connectivity index is 1.55. The minimum Gasteiger partial charge on any atom is -0.379 e. The normalized spacial score (nSPS) is 28.4. The summed E-state index contributed by atoms with van der Waals surface area (Å²) in [6.45, 7) is 11.2. The Morgan fingerprint density at radius 2 is 2.00 bits per heavy atom. The topological polar surface area (TPSA) is 24.5 Å². The maximum Gasteiger partial charge on any atom is 0.0594 e. The smallest absolute Gasteiger partial charge is 0.0594 e. The first-order valence-electron chi connectivity index (χ1n) is 8.79. The first-order valence-corrected chi connectivity index (χ1v) is 8.79. The van der Waals surface area contributed by atoms with Gasteiger partial charge in [-0.1, -0.05) is 26.7 Å². The standard InChI is InChI=1S/C17H34N2O/c1-15(2)7-8-16-5-3-6-17(16)18-9-4-10-19-11-13-20-14-12-19/h15-18H,3-14H2,1-2H3/t16-,17+/m0/s1. The molecule has 20 heavy (non-hydrogen) atoms. The third-order valence-electron chi connectivity index (χ3n) is 4.94. The SMILES string of the molecule is CC(C)CC[C@@H]1CCC[C@H]1NCCCN1CCOCC1. The van der Waals surface area contributed by atoms with E-state index in [1.807, 2.05) is 0 Å². The summed E-state index contributed by atoms with van der Waals surface area (Å²) in [6.07, 6.45) is 8.40. The zero-order valence-electron chi connectivity index (χ0n) is 13.6. The summed E-state index contributed by atoms with van der Waals surface area (Å²) in [5.74, 6) is 1.80. The van der Waals surface area contributed by atoms with Crippen LogP contribution in [0, 0.1) is 11.8 Å². The second-order valence-electron chi connectivity index (χ2n) is 7.03. The summed E-state index contributed by atoms with van der Waals surface area (Å²) in [7, 11) is 0. The van der Waals surface area contributed by atoms with Gasteiger partial charge in [-0.15, -0.1) is 0 Å². The lowest BCUT2D eigenvalue weighted by Crippen LogP contribution is -2.39. The molecule has 0 amide bonds. The van der Waals surface area contributed by atoms with Crippen molar-refractivity contribution in [2.75, 3.05) is 39.4 Å². The van der Waals surface area contributed by atoms with E-state index in [-0.39, 0.29) is 0 Å². The van der Waals surface area contributed by atoms with E-state index in [0.29, 0.717) is 0 Å². The zero-order chi connectivity index (χ0) is 14.2. The number of nitrogens with zero attached hydrogens (tertiary/aromatic N) is 1. The summed E-state index contributed by atoms with van der Waals surface area (Å²) >= 11 is 0. The van der Waals surface area contributed by atoms with E-state index in [1.54, 1.807) is 0 Å². The Kier molecular flexibility index (Phi) is 7.32. The molecular weight excluding hydrogens is 248 g/mol. The minimum absolute atomic E-state index is 0.804. The van der Waals surface area contributed by atoms with Crippen LogP contribution in [0.4, 0.5) is 0 Å². The molecule has 0 aromatic heterocycles. The number of hydrogen-bond donors (Lipinski definition) is 1. The molecule has 2 fully saturated rings. The Bertz CT molecular complexity index is 251. The van der Waals surface area contributed by atoms with Crippen LogP contribution in [0.2, 0.25) is 0 Å². The number of rotatable bonds is 8. The van der Waals surface area contributed by atoms with Gasteiger partial charge in [0.2, 0.25) is 0 Å². The van der Waals surface area contributed by atoms with Crippen LogP contribution in [0.5, 0.6) is 0 Å². The van der Waals surface area contributed by atoms with Crippen molar-refractivity contribution in [2.24, 2.45) is 11.8 Å². The van der Waals surface area contributed by atoms with Crippen LogP contribution < -0.4 is 5.32 Å². The van der Waals surface area contributed by atoms with E-state index in [2.05, 4.69) is 24.1 Å². The highest BCUT2D eigenvalue weighted by atomic mass is 16.5. The molecule has 118 valence electrons. The molecule has 2 atom stereocenters. The predicted molar refractivity (Wildman–Crippen MR) is 85.1 cm³/mol. The van der Waals surface area contributed by atoms with Crippen molar-refractivity contribution in [2.45, 2.75) is 58.4 Å². The van der Waals surface area contributed by atoms with Gasteiger partial charge in [-0.3, -0.25) is 4.90 Å². The van der Waals surface area contributed by atoms with Crippen LogP contribution in [0.25, 0.3) is 0 Å². The molecule has 1 aliphatic heterocycles. The first kappa shape index (κ1) is 16.3. The van der Waals surface area contributed by atoms with Crippen LogP contribution in [-0.4, -0.2) is 50.3 Å². The molecule has 1 aliphatic carbocycles. The largest absolute Gasteiger partial charge is 0.379 e. The molecule has 2 aliphatic rings. The van der Waals surface area contributed by atoms with Gasteiger partial charge in [0.05, 0.1) is 13.2 Å². The van der Waals surface area contributed by atoms with Gasteiger partial charge in [-0.05, 0) is 50.6 Å². The van der Waals surface area contributed by atoms with Crippen LogP contribution in [0.15, 0.2) is 0 Å². The maximum atomic E-state index is 5.39. The van der Waals surface area contributed by atoms with Crippen molar-refractivity contribution in [3.63, 3.8) is 0 Å². The number of morpholine rings is 1. The summed E-state index contributed by atoms with van der Waals surface area (Å²) in [5.41, 5.74) is 0. The Labute approximate surface area is 125 Å². The van der Waals surface area contributed by atoms with Crippen molar-refractivity contribution in [1.29, 1.82) is 0 Å². The molecule has 3 heteroatoms. The van der Waals surface area contributed by atoms with Crippen molar-refractivity contribution in [3.8, 4) is 0 Å². The molecule has 1 saturated heterocycles. The highest BCUT2D eigenvalue weighted by Gasteiger charge is 2.26. The molecule has 0 spiro atoms. The molecule has 3 nitrogen and oxygen atoms in total. The number of nitrogens with one attached hydrogen (secondary N) is 1. The molecule has 2 rings (SSSR count). The molecule has 0 aromatic carbocycles. The summed E-state index contributed by atoms with van der Waals surface area (Å²) in [6, 6.07) is 0.804. The predicted octanol–water partition coefficient (Wildman–Crippen LogP) is 2.90. The average molecular weight is 282 g/mol. The van der Waals surface area contributed by atoms with Crippen molar-refractivity contribution in [1.82, 2.24) is 10.2 Å². The fourth-order valence-corrected chi connectivity index (χ4v) is 3.61. The van der Waals surface area contributed by atoms with E-state index in [1.165, 1.54) is 51.6 Å². The lowest BCUT2D eigenvalue weighted by Gasteiger charge is -2.27. The van der Waals surface area contributed by atoms with Gasteiger partial charge in [-0.25, -0.2) is 0 Å². The van der Waals surface area contributed by atoms with Gasteiger partial charge in [0.15, 0.2) is 0 Å². The van der Waals surface area contributed by atoms with E-state index in [0.717, 1.165) is 44.2 Å². The van der Waals surface area contributed by atoms with Gasteiger partial charge in [-0.2, -0.15) is 0 Å². The van der Waals surface area contributed by atoms with Crippen LogP contribution in [0.3, 0.4) is 0 Å². The molecule has 0 radical (unpaired) electrons. The fraction of sp³-hybridized carbons (Fsp3) is 1.00. The molecule has 1 saturated carbocycles. The van der Waals surface area contributed by atoms with Crippen molar-refractivity contribution < 1.29 is 4.74 Å². The van der Waals surface area contributed by atoms with E-state index >= 15 is 0 Å². The van der Waals surface area contributed by atoms with Crippen LogP contribution in [0.1, 0.15) is 52.4 Å². The number of ether oxygens (including phenoxy) is 1. The molecular formula is C17H34N2O. The summed E-state index contributed by atoms with van der Waals surface area (Å²) < 4.78 is 5.39. The van der Waals surface area contributed by atoms with Gasteiger partial charge in [0.1, 0.15) is 0 Å². The van der Waals surface area contributed by atoms with E-state index in [9.17, 15) is 0 Å². The maximum absolute atomic E-state index is 5.39. The lowest BCUT2D eigenvalue weighted by atomic mass is 9.93. The molecule has 0 bridgehead atoms. The van der Waals surface area contributed by atoms with Gasteiger partial charge in [0.25, 0.3) is 0 Å². The van der Waals surface area contributed by atoms with Crippen LogP contribution >= 0.6 is 0 Å². The molecule has 0 aromatic rings. The monoisotopic (exact) mass is 282 g/mol. The summed E-state index contributed by atoms with van der Waals surface area (Å²) in [4.78, 5) is 2.54. The van der Waals surface area contributed by atoms with Crippen LogP contribution in [-0.2, 0) is 4.74 Å². The lowest BCUT2D eigenvalue weighted by molar-refractivity contribution is 0.0373. The van der Waals surface area contributed by atoms with Gasteiger partial charge in [0, 0.05) is 19.1 Å². The van der Waals surface area contributed by atoms with Gasteiger partial charge < -0.3 is 10.1 Å². The Morgan fingerprint density at radius 3 is 2.75 bits per heavy atom. The first-order chi connectivity index (χ1) is 9.75. The van der Waals surface area contributed by atoms with Crippen molar-refractivity contribution in [3.05, 3.63) is 0 Å². The highest BCUT2D eigenvalue weighted by molar-refractivity contribution is 4.83. The van der Waals surface area contributed by atoms with Crippen molar-refractivity contribution >= 4 is 0 Å². The minimum atomic E-state index is 0.804.